The molecule has 1 aromatic heterocycles. The number of benzene rings is 1. The summed E-state index contributed by atoms with van der Waals surface area (Å²) in [6.45, 7) is 5.10. The highest BCUT2D eigenvalue weighted by molar-refractivity contribution is 5.60. The number of rotatable bonds is 5. The number of nitrogens with one attached hydrogen (secondary N) is 1. The lowest BCUT2D eigenvalue weighted by Gasteiger charge is -2.19. The van der Waals surface area contributed by atoms with Gasteiger partial charge in [-0.1, -0.05) is 19.1 Å². The molecule has 0 fully saturated rings. The maximum atomic E-state index is 4.52. The zero-order chi connectivity index (χ0) is 13.7. The smallest absolute Gasteiger partial charge is 0.224 e. The first-order valence-electron chi connectivity index (χ1n) is 6.58. The van der Waals surface area contributed by atoms with Crippen LogP contribution in [0.5, 0.6) is 0 Å². The summed E-state index contributed by atoms with van der Waals surface area (Å²) in [6, 6.07) is 10.3. The van der Waals surface area contributed by atoms with E-state index in [1.165, 1.54) is 5.56 Å². The van der Waals surface area contributed by atoms with E-state index in [-0.39, 0.29) is 0 Å². The van der Waals surface area contributed by atoms with Gasteiger partial charge < -0.3 is 10.2 Å². The van der Waals surface area contributed by atoms with Crippen molar-refractivity contribution in [2.24, 2.45) is 0 Å². The molecule has 1 heterocycles. The number of hydrogen-bond donors (Lipinski definition) is 1. The van der Waals surface area contributed by atoms with Gasteiger partial charge in [0.1, 0.15) is 5.82 Å². The molecule has 0 bridgehead atoms. The van der Waals surface area contributed by atoms with Crippen LogP contribution in [0.25, 0.3) is 0 Å². The van der Waals surface area contributed by atoms with Crippen LogP contribution in [-0.2, 0) is 0 Å². The second-order valence-corrected chi connectivity index (χ2v) is 4.56. The SMILES string of the molecule is CCCNc1nccc(N(C)c2cccc(C)c2)n1. The van der Waals surface area contributed by atoms with E-state index in [1.54, 1.807) is 6.20 Å². The summed E-state index contributed by atoms with van der Waals surface area (Å²) < 4.78 is 0. The summed E-state index contributed by atoms with van der Waals surface area (Å²) in [6.07, 6.45) is 2.84. The molecule has 4 heteroatoms. The minimum Gasteiger partial charge on any atom is -0.354 e. The first kappa shape index (κ1) is 13.3. The summed E-state index contributed by atoms with van der Waals surface area (Å²) >= 11 is 0. The highest BCUT2D eigenvalue weighted by Crippen LogP contribution is 2.22. The summed E-state index contributed by atoms with van der Waals surface area (Å²) in [5.41, 5.74) is 2.36. The molecule has 19 heavy (non-hydrogen) atoms. The molecule has 0 spiro atoms. The molecule has 0 saturated carbocycles. The van der Waals surface area contributed by atoms with Gasteiger partial charge in [0.25, 0.3) is 0 Å². The van der Waals surface area contributed by atoms with Gasteiger partial charge in [-0.2, -0.15) is 4.98 Å². The number of nitrogens with zero attached hydrogens (tertiary/aromatic N) is 3. The first-order chi connectivity index (χ1) is 9.20. The molecule has 1 aromatic carbocycles. The molecule has 2 rings (SSSR count). The Bertz CT molecular complexity index is 539. The fraction of sp³-hybridized carbons (Fsp3) is 0.333. The highest BCUT2D eigenvalue weighted by Gasteiger charge is 2.06. The molecule has 0 amide bonds. The number of anilines is 3. The van der Waals surface area contributed by atoms with Crippen molar-refractivity contribution in [1.82, 2.24) is 9.97 Å². The predicted molar refractivity (Wildman–Crippen MR) is 80.1 cm³/mol. The van der Waals surface area contributed by atoms with E-state index in [1.807, 2.05) is 13.1 Å². The van der Waals surface area contributed by atoms with Crippen LogP contribution < -0.4 is 10.2 Å². The van der Waals surface area contributed by atoms with Gasteiger partial charge in [0.05, 0.1) is 0 Å². The van der Waals surface area contributed by atoms with Gasteiger partial charge in [-0.3, -0.25) is 0 Å². The Morgan fingerprint density at radius 2 is 2.11 bits per heavy atom. The Labute approximate surface area is 114 Å². The summed E-state index contributed by atoms with van der Waals surface area (Å²) in [7, 11) is 2.01. The van der Waals surface area contributed by atoms with Crippen molar-refractivity contribution in [3.63, 3.8) is 0 Å². The molecular formula is C15H20N4. The van der Waals surface area contributed by atoms with Gasteiger partial charge in [-0.25, -0.2) is 4.98 Å². The molecular weight excluding hydrogens is 236 g/mol. The molecule has 0 unspecified atom stereocenters. The second kappa shape index (κ2) is 6.18. The lowest BCUT2D eigenvalue weighted by molar-refractivity contribution is 0.948. The summed E-state index contributed by atoms with van der Waals surface area (Å²) in [4.78, 5) is 10.8. The fourth-order valence-electron chi connectivity index (χ4n) is 1.83. The largest absolute Gasteiger partial charge is 0.354 e. The Morgan fingerprint density at radius 3 is 2.84 bits per heavy atom. The molecule has 0 aliphatic carbocycles. The zero-order valence-electron chi connectivity index (χ0n) is 11.7. The van der Waals surface area contributed by atoms with Gasteiger partial charge in [0, 0.05) is 25.5 Å². The van der Waals surface area contributed by atoms with Crippen molar-refractivity contribution in [3.05, 3.63) is 42.1 Å². The van der Waals surface area contributed by atoms with Crippen LogP contribution >= 0.6 is 0 Å². The molecule has 0 atom stereocenters. The number of aryl methyl sites for hydroxylation is 1. The minimum atomic E-state index is 0.679. The minimum absolute atomic E-state index is 0.679. The Morgan fingerprint density at radius 1 is 1.26 bits per heavy atom. The Balaban J connectivity index is 2.21. The molecule has 2 aromatic rings. The predicted octanol–water partition coefficient (Wildman–Crippen LogP) is 3.37. The quantitative estimate of drug-likeness (QED) is 0.890. The molecule has 0 saturated heterocycles. The van der Waals surface area contributed by atoms with Crippen LogP contribution in [0.1, 0.15) is 18.9 Å². The van der Waals surface area contributed by atoms with Crippen molar-refractivity contribution in [2.75, 3.05) is 23.8 Å². The number of aromatic nitrogens is 2. The molecule has 4 nitrogen and oxygen atoms in total. The third kappa shape index (κ3) is 3.44. The third-order valence-corrected chi connectivity index (χ3v) is 2.91. The van der Waals surface area contributed by atoms with Crippen molar-refractivity contribution in [2.45, 2.75) is 20.3 Å². The molecule has 0 radical (unpaired) electrons. The standard InChI is InChI=1S/C15H20N4/c1-4-9-16-15-17-10-8-14(18-15)19(3)13-7-5-6-12(2)11-13/h5-8,10-11H,4,9H2,1-3H3,(H,16,17,18). The van der Waals surface area contributed by atoms with Crippen molar-refractivity contribution < 1.29 is 0 Å². The van der Waals surface area contributed by atoms with Gasteiger partial charge in [-0.15, -0.1) is 0 Å². The lowest BCUT2D eigenvalue weighted by atomic mass is 10.2. The van der Waals surface area contributed by atoms with Gasteiger partial charge >= 0.3 is 0 Å². The zero-order valence-corrected chi connectivity index (χ0v) is 11.7. The van der Waals surface area contributed by atoms with E-state index in [0.717, 1.165) is 24.5 Å². The second-order valence-electron chi connectivity index (χ2n) is 4.56. The van der Waals surface area contributed by atoms with E-state index < -0.39 is 0 Å². The third-order valence-electron chi connectivity index (χ3n) is 2.91. The average Bonchev–Trinajstić information content (AvgIpc) is 2.44. The van der Waals surface area contributed by atoms with Crippen molar-refractivity contribution in [3.8, 4) is 0 Å². The van der Waals surface area contributed by atoms with Crippen LogP contribution in [0.4, 0.5) is 17.5 Å². The lowest BCUT2D eigenvalue weighted by Crippen LogP contribution is -2.13. The summed E-state index contributed by atoms with van der Waals surface area (Å²) in [5.74, 6) is 1.57. The highest BCUT2D eigenvalue weighted by atomic mass is 15.2. The van der Waals surface area contributed by atoms with Crippen LogP contribution in [0, 0.1) is 6.92 Å². The first-order valence-corrected chi connectivity index (χ1v) is 6.58. The van der Waals surface area contributed by atoms with Crippen LogP contribution in [0.15, 0.2) is 36.5 Å². The maximum Gasteiger partial charge on any atom is 0.224 e. The van der Waals surface area contributed by atoms with E-state index >= 15 is 0 Å². The van der Waals surface area contributed by atoms with Crippen LogP contribution in [0.3, 0.4) is 0 Å². The Kier molecular flexibility index (Phi) is 4.34. The van der Waals surface area contributed by atoms with E-state index in [2.05, 4.69) is 58.3 Å². The van der Waals surface area contributed by atoms with E-state index in [0.29, 0.717) is 5.95 Å². The van der Waals surface area contributed by atoms with Gasteiger partial charge in [-0.05, 0) is 37.1 Å². The topological polar surface area (TPSA) is 41.1 Å². The average molecular weight is 256 g/mol. The molecule has 0 aliphatic heterocycles. The molecule has 100 valence electrons. The normalized spacial score (nSPS) is 10.3. The van der Waals surface area contributed by atoms with Gasteiger partial charge in [0.15, 0.2) is 0 Å². The van der Waals surface area contributed by atoms with Crippen LogP contribution in [0.2, 0.25) is 0 Å². The molecule has 0 aliphatic rings. The van der Waals surface area contributed by atoms with Crippen molar-refractivity contribution in [1.29, 1.82) is 0 Å². The molecule has 1 N–H and O–H groups in total. The number of hydrogen-bond acceptors (Lipinski definition) is 4. The monoisotopic (exact) mass is 256 g/mol. The van der Waals surface area contributed by atoms with E-state index in [4.69, 9.17) is 0 Å². The Hall–Kier alpha value is -2.10. The summed E-state index contributed by atoms with van der Waals surface area (Å²) in [5, 5.41) is 3.20. The van der Waals surface area contributed by atoms with Gasteiger partial charge in [0.2, 0.25) is 5.95 Å². The van der Waals surface area contributed by atoms with Crippen LogP contribution in [-0.4, -0.2) is 23.6 Å². The van der Waals surface area contributed by atoms with Crippen molar-refractivity contribution >= 4 is 17.5 Å². The fourth-order valence-corrected chi connectivity index (χ4v) is 1.83. The van der Waals surface area contributed by atoms with E-state index in [9.17, 15) is 0 Å². The maximum absolute atomic E-state index is 4.52.